The zero-order valence-corrected chi connectivity index (χ0v) is 10.6. The van der Waals surface area contributed by atoms with Crippen molar-refractivity contribution >= 4 is 15.9 Å². The molecule has 6 heteroatoms. The molecule has 17 heavy (non-hydrogen) atoms. The van der Waals surface area contributed by atoms with Crippen LogP contribution < -0.4 is 0 Å². The molecule has 0 atom stereocenters. The van der Waals surface area contributed by atoms with Gasteiger partial charge in [-0.2, -0.15) is 13.2 Å². The van der Waals surface area contributed by atoms with Gasteiger partial charge in [0.2, 0.25) is 0 Å². The average molecular weight is 312 g/mol. The van der Waals surface area contributed by atoms with Crippen molar-refractivity contribution < 1.29 is 18.3 Å². The molecule has 1 aromatic carbocycles. The Kier molecular flexibility index (Phi) is 5.42. The molecule has 0 spiro atoms. The van der Waals surface area contributed by atoms with Crippen LogP contribution in [0.3, 0.4) is 0 Å². The molecule has 0 amide bonds. The lowest BCUT2D eigenvalue weighted by atomic mass is 10.2. The van der Waals surface area contributed by atoms with Crippen molar-refractivity contribution in [2.75, 3.05) is 19.7 Å². The lowest BCUT2D eigenvalue weighted by molar-refractivity contribution is -0.148. The van der Waals surface area contributed by atoms with Crippen LogP contribution >= 0.6 is 15.9 Å². The molecule has 0 radical (unpaired) electrons. The predicted octanol–water partition coefficient (Wildman–Crippen LogP) is 2.81. The molecule has 0 saturated heterocycles. The number of aliphatic hydroxyl groups excluding tert-OH is 1. The first-order chi connectivity index (χ1) is 7.92. The third-order valence-electron chi connectivity index (χ3n) is 2.17. The van der Waals surface area contributed by atoms with E-state index in [-0.39, 0.29) is 19.7 Å². The van der Waals surface area contributed by atoms with Crippen LogP contribution in [0.4, 0.5) is 13.2 Å². The molecule has 0 aliphatic carbocycles. The minimum atomic E-state index is -4.25. The van der Waals surface area contributed by atoms with E-state index in [0.717, 1.165) is 10.0 Å². The Morgan fingerprint density at radius 3 is 2.41 bits per heavy atom. The zero-order chi connectivity index (χ0) is 12.9. The normalized spacial score (nSPS) is 12.1. The Morgan fingerprint density at radius 2 is 1.88 bits per heavy atom. The van der Waals surface area contributed by atoms with E-state index in [1.54, 1.807) is 24.3 Å². The minimum absolute atomic E-state index is 0.000838. The Labute approximate surface area is 106 Å². The Morgan fingerprint density at radius 1 is 1.24 bits per heavy atom. The minimum Gasteiger partial charge on any atom is -0.395 e. The Balaban J connectivity index is 2.70. The lowest BCUT2D eigenvalue weighted by Crippen LogP contribution is -2.35. The van der Waals surface area contributed by atoms with Gasteiger partial charge in [0.15, 0.2) is 0 Å². The zero-order valence-electron chi connectivity index (χ0n) is 9.04. The van der Waals surface area contributed by atoms with Gasteiger partial charge in [0.25, 0.3) is 0 Å². The van der Waals surface area contributed by atoms with Crippen LogP contribution in [-0.2, 0) is 6.54 Å². The monoisotopic (exact) mass is 311 g/mol. The standard InChI is InChI=1S/C11H13BrF3NO/c12-10-4-2-1-3-9(10)7-16(5-6-17)8-11(13,14)15/h1-4,17H,5-8H2. The smallest absolute Gasteiger partial charge is 0.395 e. The fraction of sp³-hybridized carbons (Fsp3) is 0.455. The fourth-order valence-corrected chi connectivity index (χ4v) is 1.89. The van der Waals surface area contributed by atoms with Gasteiger partial charge in [0.1, 0.15) is 0 Å². The maximum Gasteiger partial charge on any atom is 0.401 e. The molecule has 0 heterocycles. The summed E-state index contributed by atoms with van der Waals surface area (Å²) in [5.41, 5.74) is 0.769. The van der Waals surface area contributed by atoms with E-state index in [9.17, 15) is 13.2 Å². The van der Waals surface area contributed by atoms with E-state index in [1.165, 1.54) is 4.90 Å². The maximum atomic E-state index is 12.3. The van der Waals surface area contributed by atoms with Crippen molar-refractivity contribution in [3.63, 3.8) is 0 Å². The number of hydrogen-bond donors (Lipinski definition) is 1. The molecule has 96 valence electrons. The summed E-state index contributed by atoms with van der Waals surface area (Å²) in [4.78, 5) is 1.17. The average Bonchev–Trinajstić information content (AvgIpc) is 2.19. The molecule has 2 nitrogen and oxygen atoms in total. The van der Waals surface area contributed by atoms with Crippen molar-refractivity contribution in [2.45, 2.75) is 12.7 Å². The number of alkyl halides is 3. The third-order valence-corrected chi connectivity index (χ3v) is 2.94. The van der Waals surface area contributed by atoms with Crippen molar-refractivity contribution in [3.05, 3.63) is 34.3 Å². The molecular weight excluding hydrogens is 299 g/mol. The van der Waals surface area contributed by atoms with Gasteiger partial charge in [-0.05, 0) is 11.6 Å². The first-order valence-electron chi connectivity index (χ1n) is 5.06. The second-order valence-electron chi connectivity index (χ2n) is 3.64. The van der Waals surface area contributed by atoms with Crippen LogP contribution in [-0.4, -0.2) is 35.9 Å². The van der Waals surface area contributed by atoms with Gasteiger partial charge < -0.3 is 5.11 Å². The predicted molar refractivity (Wildman–Crippen MR) is 62.6 cm³/mol. The summed E-state index contributed by atoms with van der Waals surface area (Å²) in [6.45, 7) is -1.15. The number of aliphatic hydroxyl groups is 1. The summed E-state index contributed by atoms with van der Waals surface area (Å²) < 4.78 is 37.7. The van der Waals surface area contributed by atoms with E-state index >= 15 is 0 Å². The number of benzene rings is 1. The van der Waals surface area contributed by atoms with E-state index in [2.05, 4.69) is 15.9 Å². The molecule has 1 N–H and O–H groups in total. The largest absolute Gasteiger partial charge is 0.401 e. The van der Waals surface area contributed by atoms with Gasteiger partial charge in [-0.15, -0.1) is 0 Å². The highest BCUT2D eigenvalue weighted by Crippen LogP contribution is 2.21. The van der Waals surface area contributed by atoms with Crippen molar-refractivity contribution in [2.24, 2.45) is 0 Å². The third kappa shape index (κ3) is 5.52. The van der Waals surface area contributed by atoms with Crippen LogP contribution in [0, 0.1) is 0 Å². The summed E-state index contributed by atoms with van der Waals surface area (Å²) in [7, 11) is 0. The molecule has 1 aromatic rings. The molecule has 0 aliphatic heterocycles. The molecule has 0 aromatic heterocycles. The van der Waals surface area contributed by atoms with Gasteiger partial charge in [0, 0.05) is 17.6 Å². The Bertz CT molecular complexity index is 357. The first kappa shape index (κ1) is 14.5. The van der Waals surface area contributed by atoms with Gasteiger partial charge in [-0.3, -0.25) is 4.90 Å². The summed E-state index contributed by atoms with van der Waals surface area (Å²) in [5.74, 6) is 0. The number of halogens is 4. The fourth-order valence-electron chi connectivity index (χ4n) is 1.48. The first-order valence-corrected chi connectivity index (χ1v) is 5.85. The van der Waals surface area contributed by atoms with Gasteiger partial charge in [-0.25, -0.2) is 0 Å². The van der Waals surface area contributed by atoms with Crippen LogP contribution in [0.2, 0.25) is 0 Å². The van der Waals surface area contributed by atoms with Crippen molar-refractivity contribution in [1.82, 2.24) is 4.90 Å². The number of nitrogens with zero attached hydrogens (tertiary/aromatic N) is 1. The van der Waals surface area contributed by atoms with Crippen LogP contribution in [0.15, 0.2) is 28.7 Å². The van der Waals surface area contributed by atoms with E-state index in [1.807, 2.05) is 0 Å². The van der Waals surface area contributed by atoms with Crippen LogP contribution in [0.25, 0.3) is 0 Å². The molecule has 0 aliphatic rings. The summed E-state index contributed by atoms with van der Waals surface area (Å²) >= 11 is 3.29. The summed E-state index contributed by atoms with van der Waals surface area (Å²) in [6, 6.07) is 7.10. The van der Waals surface area contributed by atoms with E-state index in [0.29, 0.717) is 0 Å². The van der Waals surface area contributed by atoms with Crippen molar-refractivity contribution in [1.29, 1.82) is 0 Å². The molecule has 0 bridgehead atoms. The van der Waals surface area contributed by atoms with Gasteiger partial charge in [0.05, 0.1) is 13.2 Å². The second kappa shape index (κ2) is 6.37. The number of hydrogen-bond acceptors (Lipinski definition) is 2. The Hall–Kier alpha value is -0.590. The molecule has 0 unspecified atom stereocenters. The van der Waals surface area contributed by atoms with Crippen LogP contribution in [0.1, 0.15) is 5.56 Å². The molecule has 0 saturated carbocycles. The molecule has 1 rings (SSSR count). The quantitative estimate of drug-likeness (QED) is 0.904. The second-order valence-corrected chi connectivity index (χ2v) is 4.50. The highest BCUT2D eigenvalue weighted by molar-refractivity contribution is 9.10. The highest BCUT2D eigenvalue weighted by atomic mass is 79.9. The van der Waals surface area contributed by atoms with Crippen LogP contribution in [0.5, 0.6) is 0 Å². The number of rotatable bonds is 5. The SMILES string of the molecule is OCCN(Cc1ccccc1Br)CC(F)(F)F. The molecular formula is C11H13BrF3NO. The molecule has 0 fully saturated rings. The topological polar surface area (TPSA) is 23.5 Å². The highest BCUT2D eigenvalue weighted by Gasteiger charge is 2.30. The lowest BCUT2D eigenvalue weighted by Gasteiger charge is -2.23. The van der Waals surface area contributed by atoms with Gasteiger partial charge >= 0.3 is 6.18 Å². The summed E-state index contributed by atoms with van der Waals surface area (Å²) in [5, 5.41) is 8.76. The maximum absolute atomic E-state index is 12.3. The summed E-state index contributed by atoms with van der Waals surface area (Å²) in [6.07, 6.45) is -4.25. The van der Waals surface area contributed by atoms with Gasteiger partial charge in [-0.1, -0.05) is 34.1 Å². The van der Waals surface area contributed by atoms with E-state index < -0.39 is 12.7 Å². The van der Waals surface area contributed by atoms with E-state index in [4.69, 9.17) is 5.11 Å². The van der Waals surface area contributed by atoms with Crippen molar-refractivity contribution in [3.8, 4) is 0 Å².